The minimum absolute atomic E-state index is 0.0283. The van der Waals surface area contributed by atoms with Crippen LogP contribution in [-0.4, -0.2) is 46.8 Å². The highest BCUT2D eigenvalue weighted by atomic mass is 79.9. The summed E-state index contributed by atoms with van der Waals surface area (Å²) in [6, 6.07) is 1.84. The van der Waals surface area contributed by atoms with Crippen LogP contribution >= 0.6 is 15.9 Å². The van der Waals surface area contributed by atoms with E-state index < -0.39 is 0 Å². The number of aromatic nitrogens is 2. The number of carbonyl (C=O) groups is 2. The first-order valence-electron chi connectivity index (χ1n) is 6.11. The molecule has 6 nitrogen and oxygen atoms in total. The van der Waals surface area contributed by atoms with Crippen molar-refractivity contribution >= 4 is 38.8 Å². The second-order valence-corrected chi connectivity index (χ2v) is 5.36. The zero-order valence-electron chi connectivity index (χ0n) is 11.2. The number of fused-ring (bicyclic) bond motifs is 1. The summed E-state index contributed by atoms with van der Waals surface area (Å²) in [5, 5.41) is 3.55. The number of carbonyl (C=O) groups excluding carboxylic acids is 2. The lowest BCUT2D eigenvalue weighted by atomic mass is 10.2. The average molecular weight is 339 g/mol. The number of amides is 2. The molecule has 2 aromatic heterocycles. The largest absolute Gasteiger partial charge is 0.350 e. The van der Waals surface area contributed by atoms with Crippen molar-refractivity contribution in [2.45, 2.75) is 6.92 Å². The van der Waals surface area contributed by atoms with E-state index in [1.165, 1.54) is 6.92 Å². The molecule has 0 bridgehead atoms. The van der Waals surface area contributed by atoms with Crippen LogP contribution in [0.3, 0.4) is 0 Å². The summed E-state index contributed by atoms with van der Waals surface area (Å²) in [5.74, 6) is -0.215. The summed E-state index contributed by atoms with van der Waals surface area (Å²) in [5.41, 5.74) is 1.21. The van der Waals surface area contributed by atoms with Crippen LogP contribution in [-0.2, 0) is 4.79 Å². The number of likely N-dealkylation sites (N-methyl/N-ethyl adjacent to an activating group) is 1. The normalized spacial score (nSPS) is 10.6. The van der Waals surface area contributed by atoms with Crippen LogP contribution in [0.2, 0.25) is 0 Å². The summed E-state index contributed by atoms with van der Waals surface area (Å²) in [6.07, 6.45) is 3.30. The predicted molar refractivity (Wildman–Crippen MR) is 79.4 cm³/mol. The maximum absolute atomic E-state index is 12.1. The van der Waals surface area contributed by atoms with Crippen LogP contribution in [0, 0.1) is 0 Å². The Morgan fingerprint density at radius 3 is 2.95 bits per heavy atom. The number of aromatic amines is 1. The fourth-order valence-electron chi connectivity index (χ4n) is 1.76. The lowest BCUT2D eigenvalue weighted by Gasteiger charge is -2.14. The molecule has 0 saturated heterocycles. The quantitative estimate of drug-likeness (QED) is 0.887. The zero-order chi connectivity index (χ0) is 14.7. The van der Waals surface area contributed by atoms with Gasteiger partial charge in [-0.15, -0.1) is 0 Å². The van der Waals surface area contributed by atoms with Gasteiger partial charge in [-0.05, 0) is 22.0 Å². The van der Waals surface area contributed by atoms with Gasteiger partial charge in [0, 0.05) is 49.3 Å². The highest BCUT2D eigenvalue weighted by Gasteiger charge is 2.13. The van der Waals surface area contributed by atoms with Gasteiger partial charge in [-0.1, -0.05) is 0 Å². The van der Waals surface area contributed by atoms with Crippen molar-refractivity contribution in [3.8, 4) is 0 Å². The molecule has 0 aromatic carbocycles. The Hall–Kier alpha value is -1.89. The van der Waals surface area contributed by atoms with Gasteiger partial charge in [0.05, 0.1) is 5.56 Å². The molecule has 7 heteroatoms. The third-order valence-corrected chi connectivity index (χ3v) is 3.45. The van der Waals surface area contributed by atoms with Gasteiger partial charge in [-0.2, -0.15) is 0 Å². The van der Waals surface area contributed by atoms with Crippen molar-refractivity contribution in [1.29, 1.82) is 0 Å². The fourth-order valence-corrected chi connectivity index (χ4v) is 2.09. The van der Waals surface area contributed by atoms with Crippen LogP contribution in [0.5, 0.6) is 0 Å². The van der Waals surface area contributed by atoms with E-state index in [4.69, 9.17) is 0 Å². The van der Waals surface area contributed by atoms with E-state index in [2.05, 4.69) is 31.2 Å². The first-order chi connectivity index (χ1) is 9.49. The average Bonchev–Trinajstić information content (AvgIpc) is 2.81. The topological polar surface area (TPSA) is 78.1 Å². The van der Waals surface area contributed by atoms with Gasteiger partial charge in [-0.25, -0.2) is 4.98 Å². The van der Waals surface area contributed by atoms with Crippen molar-refractivity contribution in [1.82, 2.24) is 20.2 Å². The number of hydrogen-bond acceptors (Lipinski definition) is 3. The molecular weight excluding hydrogens is 324 g/mol. The molecule has 0 atom stereocenters. The van der Waals surface area contributed by atoms with Crippen LogP contribution < -0.4 is 5.32 Å². The highest BCUT2D eigenvalue weighted by Crippen LogP contribution is 2.20. The second-order valence-electron chi connectivity index (χ2n) is 4.45. The maximum atomic E-state index is 12.1. The molecule has 2 N–H and O–H groups in total. The zero-order valence-corrected chi connectivity index (χ0v) is 12.8. The maximum Gasteiger partial charge on any atom is 0.253 e. The number of hydrogen-bond donors (Lipinski definition) is 2. The van der Waals surface area contributed by atoms with Crippen molar-refractivity contribution in [2.24, 2.45) is 0 Å². The van der Waals surface area contributed by atoms with Crippen molar-refractivity contribution < 1.29 is 9.59 Å². The molecule has 0 aliphatic rings. The first kappa shape index (κ1) is 14.5. The van der Waals surface area contributed by atoms with Crippen molar-refractivity contribution in [3.63, 3.8) is 0 Å². The van der Waals surface area contributed by atoms with Crippen molar-refractivity contribution in [3.05, 3.63) is 28.5 Å². The van der Waals surface area contributed by atoms with Gasteiger partial charge in [0.2, 0.25) is 5.91 Å². The van der Waals surface area contributed by atoms with Gasteiger partial charge >= 0.3 is 0 Å². The summed E-state index contributed by atoms with van der Waals surface area (Å²) < 4.78 is 0.815. The highest BCUT2D eigenvalue weighted by molar-refractivity contribution is 9.10. The lowest BCUT2D eigenvalue weighted by Crippen LogP contribution is -2.35. The molecule has 20 heavy (non-hydrogen) atoms. The van der Waals surface area contributed by atoms with Crippen LogP contribution in [0.4, 0.5) is 0 Å². The molecule has 0 aliphatic heterocycles. The van der Waals surface area contributed by atoms with E-state index >= 15 is 0 Å². The number of pyridine rings is 1. The molecule has 0 fully saturated rings. The first-order valence-corrected chi connectivity index (χ1v) is 6.91. The molecule has 0 radical (unpaired) electrons. The SMILES string of the molecule is CC(=O)N(C)CCNC(=O)c1c[nH]c2ncc(Br)cc12. The van der Waals surface area contributed by atoms with E-state index in [9.17, 15) is 9.59 Å². The standard InChI is InChI=1S/C13H15BrN4O2/c1-8(19)18(2)4-3-15-13(20)11-7-17-12-10(11)5-9(14)6-16-12/h5-7H,3-4H2,1-2H3,(H,15,20)(H,16,17). The minimum Gasteiger partial charge on any atom is -0.350 e. The summed E-state index contributed by atoms with van der Waals surface area (Å²) in [6.45, 7) is 2.37. The lowest BCUT2D eigenvalue weighted by molar-refractivity contribution is -0.127. The minimum atomic E-state index is -0.187. The Morgan fingerprint density at radius 2 is 2.25 bits per heavy atom. The molecule has 0 aliphatic carbocycles. The van der Waals surface area contributed by atoms with Gasteiger partial charge in [0.1, 0.15) is 5.65 Å². The van der Waals surface area contributed by atoms with E-state index in [-0.39, 0.29) is 11.8 Å². The van der Waals surface area contributed by atoms with Gasteiger partial charge in [0.15, 0.2) is 0 Å². The summed E-state index contributed by atoms with van der Waals surface area (Å²) in [4.78, 5) is 31.8. The number of nitrogens with one attached hydrogen (secondary N) is 2. The molecule has 106 valence electrons. The Bertz CT molecular complexity index is 653. The van der Waals surface area contributed by atoms with Crippen LogP contribution in [0.25, 0.3) is 11.0 Å². The predicted octanol–water partition coefficient (Wildman–Crippen LogP) is 1.53. The Kier molecular flexibility index (Phi) is 4.39. The van der Waals surface area contributed by atoms with E-state index in [1.807, 2.05) is 6.07 Å². The molecule has 2 amide bonds. The molecule has 0 spiro atoms. The Balaban J connectivity index is 2.04. The molecule has 2 heterocycles. The number of halogens is 1. The molecule has 2 rings (SSSR count). The van der Waals surface area contributed by atoms with Gasteiger partial charge in [0.25, 0.3) is 5.91 Å². The summed E-state index contributed by atoms with van der Waals surface area (Å²) in [7, 11) is 1.70. The second kappa shape index (κ2) is 6.04. The van der Waals surface area contributed by atoms with Crippen molar-refractivity contribution in [2.75, 3.05) is 20.1 Å². The number of nitrogens with zero attached hydrogens (tertiary/aromatic N) is 2. The molecular formula is C13H15BrN4O2. The monoisotopic (exact) mass is 338 g/mol. The van der Waals surface area contributed by atoms with Gasteiger partial charge < -0.3 is 15.2 Å². The molecule has 2 aromatic rings. The smallest absolute Gasteiger partial charge is 0.253 e. The number of H-pyrrole nitrogens is 1. The Labute approximate surface area is 124 Å². The Morgan fingerprint density at radius 1 is 1.50 bits per heavy atom. The third kappa shape index (κ3) is 3.16. The fraction of sp³-hybridized carbons (Fsp3) is 0.308. The van der Waals surface area contributed by atoms with E-state index in [1.54, 1.807) is 24.3 Å². The third-order valence-electron chi connectivity index (χ3n) is 3.01. The van der Waals surface area contributed by atoms with Crippen LogP contribution in [0.1, 0.15) is 17.3 Å². The number of rotatable bonds is 4. The molecule has 0 saturated carbocycles. The van der Waals surface area contributed by atoms with Gasteiger partial charge in [-0.3, -0.25) is 9.59 Å². The van der Waals surface area contributed by atoms with E-state index in [0.29, 0.717) is 24.3 Å². The molecule has 0 unspecified atom stereocenters. The van der Waals surface area contributed by atoms with Crippen LogP contribution in [0.15, 0.2) is 22.9 Å². The van der Waals surface area contributed by atoms with E-state index in [0.717, 1.165) is 9.86 Å². The summed E-state index contributed by atoms with van der Waals surface area (Å²) >= 11 is 3.34.